The van der Waals surface area contributed by atoms with E-state index in [4.69, 9.17) is 9.47 Å². The van der Waals surface area contributed by atoms with Gasteiger partial charge in [0.05, 0.1) is 16.4 Å². The highest BCUT2D eigenvalue weighted by atomic mass is 127. The van der Waals surface area contributed by atoms with Crippen LogP contribution in [0.25, 0.3) is 0 Å². The third-order valence-electron chi connectivity index (χ3n) is 4.46. The van der Waals surface area contributed by atoms with Crippen molar-refractivity contribution in [3.8, 4) is 11.5 Å². The Morgan fingerprint density at radius 3 is 2.32 bits per heavy atom. The normalized spacial score (nSPS) is 11.0. The van der Waals surface area contributed by atoms with E-state index in [0.717, 1.165) is 31.7 Å². The van der Waals surface area contributed by atoms with Crippen LogP contribution in [0.1, 0.15) is 27.8 Å². The highest BCUT2D eigenvalue weighted by Gasteiger charge is 2.11. The number of hydrogen-bond acceptors (Lipinski definition) is 3. The SMILES string of the molecule is COc1cc(C=Nc2ccc(C)cc2C)cc(I)c1OCc1ccc(C)cc1. The van der Waals surface area contributed by atoms with E-state index in [9.17, 15) is 0 Å². The fourth-order valence-electron chi connectivity index (χ4n) is 2.89. The van der Waals surface area contributed by atoms with Gasteiger partial charge < -0.3 is 9.47 Å². The van der Waals surface area contributed by atoms with E-state index in [1.165, 1.54) is 11.1 Å². The molecule has 3 aromatic carbocycles. The summed E-state index contributed by atoms with van der Waals surface area (Å²) in [6.45, 7) is 6.74. The van der Waals surface area contributed by atoms with Crippen molar-refractivity contribution < 1.29 is 9.47 Å². The quantitative estimate of drug-likeness (QED) is 0.293. The lowest BCUT2D eigenvalue weighted by Gasteiger charge is -2.14. The highest BCUT2D eigenvalue weighted by Crippen LogP contribution is 2.34. The Morgan fingerprint density at radius 2 is 1.64 bits per heavy atom. The minimum absolute atomic E-state index is 0.503. The second kappa shape index (κ2) is 9.24. The molecule has 3 nitrogen and oxygen atoms in total. The first-order chi connectivity index (χ1) is 13.5. The van der Waals surface area contributed by atoms with Crippen LogP contribution in [0.4, 0.5) is 5.69 Å². The van der Waals surface area contributed by atoms with E-state index in [1.807, 2.05) is 18.3 Å². The second-order valence-electron chi connectivity index (χ2n) is 6.86. The number of aryl methyl sites for hydroxylation is 3. The number of rotatable bonds is 6. The summed E-state index contributed by atoms with van der Waals surface area (Å²) in [5, 5.41) is 0. The topological polar surface area (TPSA) is 30.8 Å². The van der Waals surface area contributed by atoms with E-state index >= 15 is 0 Å². The van der Waals surface area contributed by atoms with Gasteiger partial charge in [0.2, 0.25) is 0 Å². The molecular formula is C24H24INO2. The molecule has 0 radical (unpaired) electrons. The molecule has 0 aliphatic rings. The maximum atomic E-state index is 6.06. The molecule has 0 saturated heterocycles. The van der Waals surface area contributed by atoms with Gasteiger partial charge in [0.25, 0.3) is 0 Å². The van der Waals surface area contributed by atoms with Crippen LogP contribution in [0.2, 0.25) is 0 Å². The van der Waals surface area contributed by atoms with Crippen molar-refractivity contribution in [2.24, 2.45) is 4.99 Å². The van der Waals surface area contributed by atoms with Gasteiger partial charge in [-0.2, -0.15) is 0 Å². The summed E-state index contributed by atoms with van der Waals surface area (Å²) < 4.78 is 12.6. The van der Waals surface area contributed by atoms with E-state index in [1.54, 1.807) is 7.11 Å². The molecule has 0 saturated carbocycles. The van der Waals surface area contributed by atoms with Crippen LogP contribution in [0.15, 0.2) is 59.6 Å². The molecule has 4 heteroatoms. The van der Waals surface area contributed by atoms with Crippen molar-refractivity contribution >= 4 is 34.5 Å². The third-order valence-corrected chi connectivity index (χ3v) is 5.26. The molecule has 0 atom stereocenters. The Hall–Kier alpha value is -2.34. The Labute approximate surface area is 180 Å². The molecule has 0 heterocycles. The van der Waals surface area contributed by atoms with Gasteiger partial charge in [-0.25, -0.2) is 0 Å². The van der Waals surface area contributed by atoms with Gasteiger partial charge >= 0.3 is 0 Å². The van der Waals surface area contributed by atoms with E-state index in [0.29, 0.717) is 12.4 Å². The number of ether oxygens (including phenoxy) is 2. The lowest BCUT2D eigenvalue weighted by molar-refractivity contribution is 0.282. The summed E-state index contributed by atoms with van der Waals surface area (Å²) >= 11 is 2.28. The van der Waals surface area contributed by atoms with Gasteiger partial charge in [-0.3, -0.25) is 4.99 Å². The van der Waals surface area contributed by atoms with Crippen molar-refractivity contribution in [1.82, 2.24) is 0 Å². The molecule has 0 aromatic heterocycles. The largest absolute Gasteiger partial charge is 0.493 e. The van der Waals surface area contributed by atoms with Gasteiger partial charge in [0.15, 0.2) is 11.5 Å². The molecule has 0 aliphatic heterocycles. The molecule has 0 bridgehead atoms. The van der Waals surface area contributed by atoms with Crippen molar-refractivity contribution in [3.05, 3.63) is 86.0 Å². The maximum absolute atomic E-state index is 6.06. The molecule has 0 fully saturated rings. The van der Waals surface area contributed by atoms with Gasteiger partial charge in [-0.15, -0.1) is 0 Å². The van der Waals surface area contributed by atoms with Crippen LogP contribution in [0, 0.1) is 24.3 Å². The number of benzene rings is 3. The zero-order valence-electron chi connectivity index (χ0n) is 16.6. The summed E-state index contributed by atoms with van der Waals surface area (Å²) in [5.74, 6) is 1.47. The molecule has 0 aliphatic carbocycles. The Morgan fingerprint density at radius 1 is 0.929 bits per heavy atom. The molecule has 0 unspecified atom stereocenters. The number of halogens is 1. The van der Waals surface area contributed by atoms with Crippen molar-refractivity contribution in [3.63, 3.8) is 0 Å². The number of hydrogen-bond donors (Lipinski definition) is 0. The van der Waals surface area contributed by atoms with Gasteiger partial charge in [-0.1, -0.05) is 47.5 Å². The molecule has 144 valence electrons. The summed E-state index contributed by atoms with van der Waals surface area (Å²) in [6.07, 6.45) is 1.87. The second-order valence-corrected chi connectivity index (χ2v) is 8.02. The average molecular weight is 485 g/mol. The van der Waals surface area contributed by atoms with Crippen molar-refractivity contribution in [2.75, 3.05) is 7.11 Å². The molecule has 3 rings (SSSR count). The minimum atomic E-state index is 0.503. The first kappa shape index (κ1) is 20.4. The zero-order chi connectivity index (χ0) is 20.1. The van der Waals surface area contributed by atoms with Crippen molar-refractivity contribution in [1.29, 1.82) is 0 Å². The van der Waals surface area contributed by atoms with Crippen LogP contribution >= 0.6 is 22.6 Å². The Balaban J connectivity index is 1.80. The fourth-order valence-corrected chi connectivity index (χ4v) is 3.67. The van der Waals surface area contributed by atoms with E-state index < -0.39 is 0 Å². The Bertz CT molecular complexity index is 994. The van der Waals surface area contributed by atoms with E-state index in [2.05, 4.69) is 90.8 Å². The lowest BCUT2D eigenvalue weighted by atomic mass is 10.1. The molecule has 28 heavy (non-hydrogen) atoms. The summed E-state index contributed by atoms with van der Waals surface area (Å²) in [6, 6.07) is 18.6. The maximum Gasteiger partial charge on any atom is 0.174 e. The predicted molar refractivity (Wildman–Crippen MR) is 124 cm³/mol. The zero-order valence-corrected chi connectivity index (χ0v) is 18.8. The first-order valence-corrected chi connectivity index (χ1v) is 10.2. The molecule has 0 spiro atoms. The monoisotopic (exact) mass is 485 g/mol. The van der Waals surface area contributed by atoms with Gasteiger partial charge in [0.1, 0.15) is 6.61 Å². The average Bonchev–Trinajstić information content (AvgIpc) is 2.67. The summed E-state index contributed by atoms with van der Waals surface area (Å²) in [4.78, 5) is 4.64. The lowest BCUT2D eigenvalue weighted by Crippen LogP contribution is -2.01. The fraction of sp³-hybridized carbons (Fsp3) is 0.208. The standard InChI is InChI=1S/C24H24INO2/c1-16-5-8-19(9-6-16)15-28-24-21(25)12-20(13-23(24)27-4)14-26-22-10-7-17(2)11-18(22)3/h5-14H,15H2,1-4H3. The smallest absolute Gasteiger partial charge is 0.174 e. The summed E-state index contributed by atoms with van der Waals surface area (Å²) in [5.41, 5.74) is 6.72. The highest BCUT2D eigenvalue weighted by molar-refractivity contribution is 14.1. The van der Waals surface area contributed by atoms with Crippen LogP contribution in [-0.2, 0) is 6.61 Å². The van der Waals surface area contributed by atoms with Crippen LogP contribution in [0.5, 0.6) is 11.5 Å². The Kier molecular flexibility index (Phi) is 6.73. The predicted octanol–water partition coefficient (Wildman–Crippen LogP) is 6.55. The van der Waals surface area contributed by atoms with Crippen LogP contribution in [-0.4, -0.2) is 13.3 Å². The molecular weight excluding hydrogens is 461 g/mol. The van der Waals surface area contributed by atoms with Gasteiger partial charge in [-0.05, 0) is 78.3 Å². The summed E-state index contributed by atoms with van der Waals surface area (Å²) in [7, 11) is 1.66. The number of nitrogens with zero attached hydrogens (tertiary/aromatic N) is 1. The molecule has 3 aromatic rings. The number of methoxy groups -OCH3 is 1. The van der Waals surface area contributed by atoms with Gasteiger partial charge in [0, 0.05) is 6.21 Å². The van der Waals surface area contributed by atoms with E-state index in [-0.39, 0.29) is 0 Å². The minimum Gasteiger partial charge on any atom is -0.493 e. The van der Waals surface area contributed by atoms with Crippen LogP contribution < -0.4 is 9.47 Å². The molecule has 0 amide bonds. The first-order valence-electron chi connectivity index (χ1n) is 9.13. The van der Waals surface area contributed by atoms with Crippen LogP contribution in [0.3, 0.4) is 0 Å². The number of aliphatic imine (C=N–C) groups is 1. The van der Waals surface area contributed by atoms with Crippen molar-refractivity contribution in [2.45, 2.75) is 27.4 Å². The third kappa shape index (κ3) is 5.13. The molecule has 0 N–H and O–H groups in total.